The molecule has 0 aromatic heterocycles. The fraction of sp³-hybridized carbons (Fsp3) is 0. The summed E-state index contributed by atoms with van der Waals surface area (Å²) in [6.45, 7) is 0. The van der Waals surface area contributed by atoms with Crippen LogP contribution in [-0.2, 0) is 0 Å². The lowest BCUT2D eigenvalue weighted by molar-refractivity contribution is -0.849. The number of allylic oxidation sites excluding steroid dienone is 3. The molecule has 0 saturated carbocycles. The third-order valence-corrected chi connectivity index (χ3v) is 2.95. The van der Waals surface area contributed by atoms with Gasteiger partial charge in [-0.05, 0) is 24.3 Å². The van der Waals surface area contributed by atoms with E-state index in [9.17, 15) is 0 Å². The predicted octanol–water partition coefficient (Wildman–Crippen LogP) is 2.04. The zero-order valence-corrected chi connectivity index (χ0v) is 9.80. The molecule has 1 aromatic rings. The van der Waals surface area contributed by atoms with E-state index in [2.05, 4.69) is 10.0 Å². The minimum absolute atomic E-state index is 0.743. The Hall–Kier alpha value is -1.84. The quantitative estimate of drug-likeness (QED) is 0.802. The summed E-state index contributed by atoms with van der Waals surface area (Å²) in [5.41, 5.74) is 2.17. The van der Waals surface area contributed by atoms with Crippen LogP contribution in [0.3, 0.4) is 0 Å². The molecule has 0 spiro atoms. The Morgan fingerprint density at radius 3 is 2.76 bits per heavy atom. The van der Waals surface area contributed by atoms with Crippen LogP contribution in [0.2, 0.25) is 5.02 Å². The summed E-state index contributed by atoms with van der Waals surface area (Å²) >= 11 is 5.89. The third-order valence-electron chi connectivity index (χ3n) is 2.69. The lowest BCUT2D eigenvalue weighted by atomic mass is 10.3. The molecule has 3 nitrogen and oxygen atoms in total. The summed E-state index contributed by atoms with van der Waals surface area (Å²) < 4.78 is 0. The van der Waals surface area contributed by atoms with E-state index in [-0.39, 0.29) is 0 Å². The van der Waals surface area contributed by atoms with E-state index in [1.54, 1.807) is 0 Å². The van der Waals surface area contributed by atoms with Gasteiger partial charge < -0.3 is 0 Å². The van der Waals surface area contributed by atoms with E-state index in [1.807, 2.05) is 61.2 Å². The van der Waals surface area contributed by atoms with E-state index in [0.717, 1.165) is 21.4 Å². The summed E-state index contributed by atoms with van der Waals surface area (Å²) in [4.78, 5) is 4.26. The van der Waals surface area contributed by atoms with Crippen molar-refractivity contribution in [2.75, 3.05) is 0 Å². The average Bonchev–Trinajstić information content (AvgIpc) is 2.39. The lowest BCUT2D eigenvalue weighted by Gasteiger charge is -2.29. The number of hydrogen-bond acceptors (Lipinski definition) is 2. The Bertz CT molecular complexity index is 540. The van der Waals surface area contributed by atoms with Crippen molar-refractivity contribution in [1.82, 2.24) is 5.01 Å². The number of aliphatic imine (C=N–C) groups is 1. The van der Waals surface area contributed by atoms with Gasteiger partial charge in [0, 0.05) is 17.2 Å². The molecule has 0 radical (unpaired) electrons. The van der Waals surface area contributed by atoms with Gasteiger partial charge in [0.25, 0.3) is 0 Å². The van der Waals surface area contributed by atoms with Crippen molar-refractivity contribution in [2.45, 2.75) is 0 Å². The molecular formula is C13H11ClN3+. The molecule has 1 unspecified atom stereocenters. The first-order chi connectivity index (χ1) is 8.34. The van der Waals surface area contributed by atoms with Crippen molar-refractivity contribution in [1.29, 1.82) is 0 Å². The number of nitrogens with zero attached hydrogens (tertiary/aromatic N) is 2. The molecule has 0 bridgehead atoms. The zero-order chi connectivity index (χ0) is 11.7. The van der Waals surface area contributed by atoms with Crippen LogP contribution in [0.25, 0.3) is 0 Å². The SMILES string of the molecule is Clc1ccc([NH+]2C=NC=C3C=CC=CN32)cc1. The number of nitrogens with one attached hydrogen (secondary N) is 1. The Balaban J connectivity index is 1.97. The number of benzene rings is 1. The molecule has 2 aliphatic rings. The van der Waals surface area contributed by atoms with Gasteiger partial charge in [0.05, 0.1) is 12.4 Å². The first kappa shape index (κ1) is 10.3. The minimum Gasteiger partial charge on any atom is -0.207 e. The van der Waals surface area contributed by atoms with Gasteiger partial charge in [-0.25, -0.2) is 4.99 Å². The molecule has 0 amide bonds. The van der Waals surface area contributed by atoms with Crippen LogP contribution in [0.15, 0.2) is 65.6 Å². The van der Waals surface area contributed by atoms with Crippen molar-refractivity contribution >= 4 is 23.6 Å². The van der Waals surface area contributed by atoms with Crippen molar-refractivity contribution in [3.63, 3.8) is 0 Å². The summed E-state index contributed by atoms with van der Waals surface area (Å²) in [6.07, 6.45) is 11.8. The van der Waals surface area contributed by atoms with Gasteiger partial charge in [-0.15, -0.1) is 0 Å². The number of rotatable bonds is 1. The van der Waals surface area contributed by atoms with Crippen LogP contribution >= 0.6 is 11.6 Å². The highest BCUT2D eigenvalue weighted by atomic mass is 35.5. The molecule has 84 valence electrons. The molecule has 2 heterocycles. The molecule has 2 aliphatic heterocycles. The summed E-state index contributed by atoms with van der Waals surface area (Å²) in [7, 11) is 0. The standard InChI is InChI=1S/C13H10ClN3/c14-11-4-6-12(7-5-11)17-10-15-9-13-3-1-2-8-16(13)17/h1-10H/p+1. The Morgan fingerprint density at radius 1 is 1.12 bits per heavy atom. The van der Waals surface area contributed by atoms with Crippen LogP contribution in [0.4, 0.5) is 5.69 Å². The van der Waals surface area contributed by atoms with Gasteiger partial charge in [-0.1, -0.05) is 17.7 Å². The minimum atomic E-state index is 0.743. The number of halogens is 1. The molecule has 0 fully saturated rings. The molecule has 4 heteroatoms. The zero-order valence-electron chi connectivity index (χ0n) is 9.05. The first-order valence-electron chi connectivity index (χ1n) is 5.35. The molecule has 3 rings (SSSR count). The summed E-state index contributed by atoms with van der Waals surface area (Å²) in [6, 6.07) is 7.77. The first-order valence-corrected chi connectivity index (χ1v) is 5.73. The molecule has 0 saturated heterocycles. The summed E-state index contributed by atoms with van der Waals surface area (Å²) in [5.74, 6) is 0. The second-order valence-corrected chi connectivity index (χ2v) is 4.23. The van der Waals surface area contributed by atoms with Crippen LogP contribution < -0.4 is 5.01 Å². The van der Waals surface area contributed by atoms with Crippen molar-refractivity contribution in [3.05, 3.63) is 65.6 Å². The van der Waals surface area contributed by atoms with E-state index >= 15 is 0 Å². The number of fused-ring (bicyclic) bond motifs is 1. The summed E-state index contributed by atoms with van der Waals surface area (Å²) in [5, 5.41) is 3.91. The maximum absolute atomic E-state index is 5.89. The van der Waals surface area contributed by atoms with E-state index < -0.39 is 0 Å². The number of hydrogen-bond donors (Lipinski definition) is 1. The van der Waals surface area contributed by atoms with E-state index in [0.29, 0.717) is 0 Å². The van der Waals surface area contributed by atoms with Crippen LogP contribution in [0, 0.1) is 0 Å². The van der Waals surface area contributed by atoms with Gasteiger partial charge in [0.15, 0.2) is 5.69 Å². The maximum Gasteiger partial charge on any atom is 0.218 e. The van der Waals surface area contributed by atoms with Gasteiger partial charge in [-0.3, -0.25) is 0 Å². The smallest absolute Gasteiger partial charge is 0.207 e. The third kappa shape index (κ3) is 1.90. The second-order valence-electron chi connectivity index (χ2n) is 3.79. The van der Waals surface area contributed by atoms with Gasteiger partial charge >= 0.3 is 0 Å². The van der Waals surface area contributed by atoms with Crippen LogP contribution in [-0.4, -0.2) is 11.3 Å². The van der Waals surface area contributed by atoms with Crippen LogP contribution in [0.1, 0.15) is 0 Å². The Kier molecular flexibility index (Phi) is 2.55. The highest BCUT2D eigenvalue weighted by molar-refractivity contribution is 6.30. The number of quaternary nitrogens is 1. The van der Waals surface area contributed by atoms with Crippen molar-refractivity contribution in [2.24, 2.45) is 4.99 Å². The predicted molar refractivity (Wildman–Crippen MR) is 68.8 cm³/mol. The molecule has 1 N–H and O–H groups in total. The molecule has 1 aromatic carbocycles. The topological polar surface area (TPSA) is 20.0 Å². The monoisotopic (exact) mass is 244 g/mol. The van der Waals surface area contributed by atoms with Crippen molar-refractivity contribution < 1.29 is 5.01 Å². The Labute approximate surface area is 105 Å². The van der Waals surface area contributed by atoms with E-state index in [1.165, 1.54) is 0 Å². The lowest BCUT2D eigenvalue weighted by Crippen LogP contribution is -3.12. The highest BCUT2D eigenvalue weighted by Gasteiger charge is 2.23. The second kappa shape index (κ2) is 4.20. The van der Waals surface area contributed by atoms with Gasteiger partial charge in [0.2, 0.25) is 6.34 Å². The van der Waals surface area contributed by atoms with E-state index in [4.69, 9.17) is 11.6 Å². The molecule has 1 atom stereocenters. The van der Waals surface area contributed by atoms with Crippen LogP contribution in [0.5, 0.6) is 0 Å². The maximum atomic E-state index is 5.89. The van der Waals surface area contributed by atoms with Gasteiger partial charge in [-0.2, -0.15) is 10.0 Å². The fourth-order valence-corrected chi connectivity index (χ4v) is 1.99. The molecular weight excluding hydrogens is 234 g/mol. The Morgan fingerprint density at radius 2 is 1.94 bits per heavy atom. The van der Waals surface area contributed by atoms with Gasteiger partial charge in [0.1, 0.15) is 5.70 Å². The highest BCUT2D eigenvalue weighted by Crippen LogP contribution is 2.14. The van der Waals surface area contributed by atoms with Crippen molar-refractivity contribution in [3.8, 4) is 0 Å². The molecule has 17 heavy (non-hydrogen) atoms. The normalized spacial score (nSPS) is 21.4. The fourth-order valence-electron chi connectivity index (χ4n) is 1.86. The average molecular weight is 245 g/mol. The largest absolute Gasteiger partial charge is 0.218 e. The molecule has 0 aliphatic carbocycles.